The zero-order valence-corrected chi connectivity index (χ0v) is 11.0. The summed E-state index contributed by atoms with van der Waals surface area (Å²) in [6.45, 7) is 0.249. The van der Waals surface area contributed by atoms with E-state index in [4.69, 9.17) is 4.52 Å². The van der Waals surface area contributed by atoms with Crippen molar-refractivity contribution in [1.82, 2.24) is 37.7 Å². The highest BCUT2D eigenvalue weighted by atomic mass is 16.5. The Labute approximate surface area is 120 Å². The predicted octanol–water partition coefficient (Wildman–Crippen LogP) is -0.459. The van der Waals surface area contributed by atoms with E-state index < -0.39 is 6.29 Å². The number of rotatable bonds is 4. The van der Waals surface area contributed by atoms with E-state index in [9.17, 15) is 4.79 Å². The third-order valence-electron chi connectivity index (χ3n) is 2.82. The van der Waals surface area contributed by atoms with Gasteiger partial charge in [0.1, 0.15) is 5.69 Å². The maximum atomic E-state index is 11.6. The number of hydrazine groups is 3. The van der Waals surface area contributed by atoms with E-state index >= 15 is 0 Å². The molecule has 3 rings (SSSR count). The van der Waals surface area contributed by atoms with Gasteiger partial charge in [-0.3, -0.25) is 0 Å². The van der Waals surface area contributed by atoms with E-state index in [-0.39, 0.29) is 12.6 Å². The molecule has 0 saturated carbocycles. The maximum Gasteiger partial charge on any atom is 0.317 e. The number of hydrogen-bond acceptors (Lipinski definition) is 7. The molecule has 2 amide bonds. The fourth-order valence-electron chi connectivity index (χ4n) is 1.82. The van der Waals surface area contributed by atoms with Crippen LogP contribution in [0.15, 0.2) is 40.9 Å². The zero-order valence-electron chi connectivity index (χ0n) is 11.0. The topological polar surface area (TPSA) is 115 Å². The maximum absolute atomic E-state index is 11.6. The first-order chi connectivity index (χ1) is 10.3. The number of aromatic nitrogens is 1. The number of urea groups is 1. The lowest BCUT2D eigenvalue weighted by Crippen LogP contribution is -2.52. The first-order valence-electron chi connectivity index (χ1n) is 6.38. The third-order valence-corrected chi connectivity index (χ3v) is 2.82. The smallest absolute Gasteiger partial charge is 0.317 e. The van der Waals surface area contributed by atoms with Crippen molar-refractivity contribution < 1.29 is 9.32 Å². The van der Waals surface area contributed by atoms with Crippen LogP contribution in [0.1, 0.15) is 5.76 Å². The van der Waals surface area contributed by atoms with Crippen LogP contribution >= 0.6 is 0 Å². The molecular formula is C12H15N7O2. The van der Waals surface area contributed by atoms with Crippen LogP contribution in [-0.4, -0.2) is 17.5 Å². The van der Waals surface area contributed by atoms with E-state index in [1.54, 1.807) is 6.07 Å². The number of amides is 2. The summed E-state index contributed by atoms with van der Waals surface area (Å²) >= 11 is 0. The molecule has 0 radical (unpaired) electrons. The van der Waals surface area contributed by atoms with Crippen LogP contribution in [0.5, 0.6) is 0 Å². The summed E-state index contributed by atoms with van der Waals surface area (Å²) in [5, 5.41) is 9.28. The van der Waals surface area contributed by atoms with Crippen molar-refractivity contribution in [2.45, 2.75) is 12.8 Å². The largest absolute Gasteiger partial charge is 0.359 e. The van der Waals surface area contributed by atoms with Crippen molar-refractivity contribution in [1.29, 1.82) is 0 Å². The van der Waals surface area contributed by atoms with Crippen LogP contribution in [0, 0.1) is 0 Å². The molecule has 2 aromatic rings. The van der Waals surface area contributed by atoms with E-state index in [1.165, 1.54) is 0 Å². The quantitative estimate of drug-likeness (QED) is 0.451. The summed E-state index contributed by atoms with van der Waals surface area (Å²) in [5.41, 5.74) is 12.3. The minimum atomic E-state index is -0.403. The van der Waals surface area contributed by atoms with Crippen molar-refractivity contribution in [3.05, 3.63) is 42.2 Å². The zero-order chi connectivity index (χ0) is 14.5. The van der Waals surface area contributed by atoms with Crippen molar-refractivity contribution in [3.8, 4) is 11.3 Å². The Morgan fingerprint density at radius 3 is 2.76 bits per heavy atom. The SMILES string of the molecule is O=C(NCc1cc(-c2ccccc2)no1)NC1NNNN1. The number of hydrogen-bond donors (Lipinski definition) is 6. The third kappa shape index (κ3) is 3.55. The fraction of sp³-hybridized carbons (Fsp3) is 0.167. The molecule has 9 nitrogen and oxygen atoms in total. The van der Waals surface area contributed by atoms with Crippen LogP contribution in [-0.2, 0) is 6.54 Å². The standard InChI is InChI=1S/C12H15N7O2/c20-12(14-11-15-18-19-16-11)13-7-9-6-10(17-21-9)8-4-2-1-3-5-8/h1-6,11,15-16,18-19H,7H2,(H2,13,14,20). The van der Waals surface area contributed by atoms with Gasteiger partial charge in [0.05, 0.1) is 6.54 Å². The van der Waals surface area contributed by atoms with Crippen molar-refractivity contribution in [2.75, 3.05) is 0 Å². The van der Waals surface area contributed by atoms with Gasteiger partial charge in [0.15, 0.2) is 12.0 Å². The molecule has 9 heteroatoms. The molecule has 0 unspecified atom stereocenters. The molecule has 21 heavy (non-hydrogen) atoms. The Balaban J connectivity index is 1.51. The van der Waals surface area contributed by atoms with E-state index in [2.05, 4.69) is 37.7 Å². The molecule has 1 aliphatic heterocycles. The molecule has 1 aliphatic rings. The molecular weight excluding hydrogens is 274 g/mol. The van der Waals surface area contributed by atoms with Crippen LogP contribution in [0.3, 0.4) is 0 Å². The van der Waals surface area contributed by atoms with Gasteiger partial charge < -0.3 is 15.2 Å². The molecule has 0 bridgehead atoms. The monoisotopic (exact) mass is 289 g/mol. The van der Waals surface area contributed by atoms with E-state index in [0.29, 0.717) is 5.76 Å². The van der Waals surface area contributed by atoms with Gasteiger partial charge in [0, 0.05) is 11.6 Å². The minimum absolute atomic E-state index is 0.249. The lowest BCUT2D eigenvalue weighted by molar-refractivity contribution is 0.231. The van der Waals surface area contributed by atoms with Gasteiger partial charge in [-0.25, -0.2) is 15.6 Å². The molecule has 110 valence electrons. The highest BCUT2D eigenvalue weighted by Gasteiger charge is 2.15. The summed E-state index contributed by atoms with van der Waals surface area (Å²) in [6.07, 6.45) is -0.403. The van der Waals surface area contributed by atoms with Crippen LogP contribution in [0.4, 0.5) is 4.79 Å². The Morgan fingerprint density at radius 1 is 1.24 bits per heavy atom. The highest BCUT2D eigenvalue weighted by Crippen LogP contribution is 2.18. The van der Waals surface area contributed by atoms with Gasteiger partial charge in [0.25, 0.3) is 0 Å². The van der Waals surface area contributed by atoms with Crippen molar-refractivity contribution in [2.24, 2.45) is 0 Å². The van der Waals surface area contributed by atoms with Gasteiger partial charge in [-0.2, -0.15) is 11.1 Å². The van der Waals surface area contributed by atoms with Gasteiger partial charge >= 0.3 is 6.03 Å². The Kier molecular flexibility index (Phi) is 4.07. The molecule has 2 heterocycles. The van der Waals surface area contributed by atoms with Crippen LogP contribution in [0.2, 0.25) is 0 Å². The summed E-state index contributed by atoms with van der Waals surface area (Å²) in [4.78, 5) is 11.6. The number of benzene rings is 1. The van der Waals surface area contributed by atoms with Gasteiger partial charge in [-0.1, -0.05) is 35.5 Å². The minimum Gasteiger partial charge on any atom is -0.359 e. The number of carbonyl (C=O) groups excluding carboxylic acids is 1. The molecule has 1 aromatic carbocycles. The molecule has 1 saturated heterocycles. The summed E-state index contributed by atoms with van der Waals surface area (Å²) < 4.78 is 5.19. The molecule has 6 N–H and O–H groups in total. The lowest BCUT2D eigenvalue weighted by Gasteiger charge is -2.11. The highest BCUT2D eigenvalue weighted by molar-refractivity contribution is 5.74. The van der Waals surface area contributed by atoms with Crippen molar-refractivity contribution in [3.63, 3.8) is 0 Å². The molecule has 1 aromatic heterocycles. The second-order valence-corrected chi connectivity index (χ2v) is 4.34. The first-order valence-corrected chi connectivity index (χ1v) is 6.38. The number of carbonyl (C=O) groups is 1. The predicted molar refractivity (Wildman–Crippen MR) is 73.6 cm³/mol. The summed E-state index contributed by atoms with van der Waals surface area (Å²) in [5.74, 6) is 0.576. The van der Waals surface area contributed by atoms with E-state index in [0.717, 1.165) is 11.3 Å². The van der Waals surface area contributed by atoms with Gasteiger partial charge in [-0.05, 0) is 0 Å². The van der Waals surface area contributed by atoms with Gasteiger partial charge in [-0.15, -0.1) is 0 Å². The van der Waals surface area contributed by atoms with E-state index in [1.807, 2.05) is 30.3 Å². The van der Waals surface area contributed by atoms with Crippen molar-refractivity contribution >= 4 is 6.03 Å². The summed E-state index contributed by atoms with van der Waals surface area (Å²) in [7, 11) is 0. The second kappa shape index (κ2) is 6.33. The number of nitrogens with zero attached hydrogens (tertiary/aromatic N) is 1. The number of nitrogens with one attached hydrogen (secondary N) is 6. The van der Waals surface area contributed by atoms with Crippen LogP contribution in [0.25, 0.3) is 11.3 Å². The Bertz CT molecular complexity index is 595. The normalized spacial score (nSPS) is 15.0. The average Bonchev–Trinajstić information content (AvgIpc) is 3.17. The first kappa shape index (κ1) is 13.5. The van der Waals surface area contributed by atoms with Crippen LogP contribution < -0.4 is 32.6 Å². The fourth-order valence-corrected chi connectivity index (χ4v) is 1.82. The molecule has 0 spiro atoms. The molecule has 0 atom stereocenters. The summed E-state index contributed by atoms with van der Waals surface area (Å²) in [6, 6.07) is 11.1. The molecule has 1 fully saturated rings. The average molecular weight is 289 g/mol. The Hall–Kier alpha value is -2.46. The molecule has 0 aliphatic carbocycles. The Morgan fingerprint density at radius 2 is 2.00 bits per heavy atom. The second-order valence-electron chi connectivity index (χ2n) is 4.34. The van der Waals surface area contributed by atoms with Gasteiger partial charge in [0.2, 0.25) is 0 Å². The lowest BCUT2D eigenvalue weighted by atomic mass is 10.1.